The fourth-order valence-electron chi connectivity index (χ4n) is 1.68. The van der Waals surface area contributed by atoms with Crippen LogP contribution >= 0.6 is 0 Å². The first-order chi connectivity index (χ1) is 9.67. The fraction of sp³-hybridized carbons (Fsp3) is 0.214. The highest BCUT2D eigenvalue weighted by atomic mass is 16.5. The maximum absolute atomic E-state index is 11.0. The molecule has 2 aromatic rings. The number of nitrogens with zero attached hydrogens (tertiary/aromatic N) is 2. The number of benzene rings is 1. The Kier molecular flexibility index (Phi) is 4.49. The highest BCUT2D eigenvalue weighted by Crippen LogP contribution is 2.14. The van der Waals surface area contributed by atoms with Crippen molar-refractivity contribution in [3.05, 3.63) is 42.2 Å². The molecule has 2 N–H and O–H groups in total. The van der Waals surface area contributed by atoms with Crippen LogP contribution in [0.4, 0.5) is 11.6 Å². The normalized spacial score (nSPS) is 9.90. The Bertz CT molecular complexity index is 601. The van der Waals surface area contributed by atoms with E-state index in [4.69, 9.17) is 4.74 Å². The zero-order valence-corrected chi connectivity index (χ0v) is 11.4. The molecule has 1 amide bonds. The van der Waals surface area contributed by atoms with E-state index in [2.05, 4.69) is 20.6 Å². The minimum atomic E-state index is -0.164. The average Bonchev–Trinajstić information content (AvgIpc) is 2.45. The van der Waals surface area contributed by atoms with E-state index in [9.17, 15) is 4.79 Å². The molecule has 0 aliphatic rings. The number of methoxy groups -OCH3 is 1. The maximum atomic E-state index is 11.0. The number of hydrogen-bond donors (Lipinski definition) is 2. The van der Waals surface area contributed by atoms with Crippen LogP contribution < -0.4 is 15.4 Å². The van der Waals surface area contributed by atoms with Crippen molar-refractivity contribution in [3.8, 4) is 5.75 Å². The minimum absolute atomic E-state index is 0.164. The molecule has 2 rings (SSSR count). The highest BCUT2D eigenvalue weighted by Gasteiger charge is 2.01. The summed E-state index contributed by atoms with van der Waals surface area (Å²) in [6, 6.07) is 9.44. The second kappa shape index (κ2) is 6.51. The van der Waals surface area contributed by atoms with Gasteiger partial charge in [0.15, 0.2) is 0 Å². The van der Waals surface area contributed by atoms with E-state index in [1.165, 1.54) is 13.3 Å². The quantitative estimate of drug-likeness (QED) is 0.871. The number of anilines is 2. The molecule has 0 bridgehead atoms. The molecule has 0 fully saturated rings. The van der Waals surface area contributed by atoms with Crippen LogP contribution in [-0.4, -0.2) is 23.0 Å². The van der Waals surface area contributed by atoms with Gasteiger partial charge >= 0.3 is 0 Å². The van der Waals surface area contributed by atoms with E-state index >= 15 is 0 Å². The van der Waals surface area contributed by atoms with Crippen molar-refractivity contribution in [1.29, 1.82) is 0 Å². The zero-order chi connectivity index (χ0) is 14.4. The van der Waals surface area contributed by atoms with E-state index in [1.807, 2.05) is 24.3 Å². The number of amides is 1. The molecular weight excluding hydrogens is 256 g/mol. The molecule has 0 radical (unpaired) electrons. The maximum Gasteiger partial charge on any atom is 0.222 e. The number of carbonyl (C=O) groups is 1. The molecule has 1 heterocycles. The van der Waals surface area contributed by atoms with Crippen LogP contribution in [0.15, 0.2) is 36.7 Å². The lowest BCUT2D eigenvalue weighted by Crippen LogP contribution is -2.09. The molecule has 6 nitrogen and oxygen atoms in total. The monoisotopic (exact) mass is 272 g/mol. The summed E-state index contributed by atoms with van der Waals surface area (Å²) in [5, 5.41) is 5.78. The van der Waals surface area contributed by atoms with Gasteiger partial charge in [-0.05, 0) is 17.7 Å². The highest BCUT2D eigenvalue weighted by molar-refractivity contribution is 5.87. The Labute approximate surface area is 117 Å². The summed E-state index contributed by atoms with van der Waals surface area (Å²) in [4.78, 5) is 19.0. The van der Waals surface area contributed by atoms with Gasteiger partial charge in [-0.3, -0.25) is 4.79 Å². The Morgan fingerprint density at radius 3 is 2.80 bits per heavy atom. The number of carbonyl (C=O) groups excluding carboxylic acids is 1. The van der Waals surface area contributed by atoms with Crippen LogP contribution in [0.1, 0.15) is 12.5 Å². The van der Waals surface area contributed by atoms with Crippen LogP contribution in [0.25, 0.3) is 0 Å². The number of rotatable bonds is 5. The molecular formula is C14H16N4O2. The molecule has 0 aliphatic carbocycles. The van der Waals surface area contributed by atoms with Crippen LogP contribution in [0.2, 0.25) is 0 Å². The molecule has 0 atom stereocenters. The van der Waals surface area contributed by atoms with Crippen molar-refractivity contribution in [2.45, 2.75) is 13.5 Å². The van der Waals surface area contributed by atoms with Gasteiger partial charge in [0.2, 0.25) is 5.91 Å². The van der Waals surface area contributed by atoms with Crippen molar-refractivity contribution < 1.29 is 9.53 Å². The van der Waals surface area contributed by atoms with Crippen molar-refractivity contribution in [2.75, 3.05) is 17.7 Å². The predicted molar refractivity (Wildman–Crippen MR) is 76.7 cm³/mol. The first kappa shape index (κ1) is 13.8. The van der Waals surface area contributed by atoms with Crippen LogP contribution in [0.3, 0.4) is 0 Å². The van der Waals surface area contributed by atoms with Gasteiger partial charge in [0.1, 0.15) is 23.7 Å². The van der Waals surface area contributed by atoms with Gasteiger partial charge in [-0.2, -0.15) is 0 Å². The van der Waals surface area contributed by atoms with Crippen molar-refractivity contribution in [2.24, 2.45) is 0 Å². The SMILES string of the molecule is COc1cccc(CNc2cc(NC(C)=O)ncn2)c1. The summed E-state index contributed by atoms with van der Waals surface area (Å²) in [5.41, 5.74) is 1.07. The second-order valence-corrected chi connectivity index (χ2v) is 4.17. The molecule has 1 aromatic heterocycles. The molecule has 0 saturated heterocycles. The molecule has 1 aromatic carbocycles. The topological polar surface area (TPSA) is 76.1 Å². The third-order valence-electron chi connectivity index (χ3n) is 2.58. The first-order valence-corrected chi connectivity index (χ1v) is 6.14. The van der Waals surface area contributed by atoms with E-state index in [-0.39, 0.29) is 5.91 Å². The van der Waals surface area contributed by atoms with Crippen molar-refractivity contribution in [1.82, 2.24) is 9.97 Å². The van der Waals surface area contributed by atoms with E-state index in [1.54, 1.807) is 13.2 Å². The summed E-state index contributed by atoms with van der Waals surface area (Å²) >= 11 is 0. The summed E-state index contributed by atoms with van der Waals surface area (Å²) < 4.78 is 5.17. The van der Waals surface area contributed by atoms with Gasteiger partial charge in [-0.25, -0.2) is 9.97 Å². The number of nitrogens with one attached hydrogen (secondary N) is 2. The molecule has 0 spiro atoms. The molecule has 0 saturated carbocycles. The second-order valence-electron chi connectivity index (χ2n) is 4.17. The van der Waals surface area contributed by atoms with E-state index < -0.39 is 0 Å². The summed E-state index contributed by atoms with van der Waals surface area (Å²) in [5.74, 6) is 1.76. The number of hydrogen-bond acceptors (Lipinski definition) is 5. The predicted octanol–water partition coefficient (Wildman–Crippen LogP) is 2.06. The Balaban J connectivity index is 2.01. The van der Waals surface area contributed by atoms with Gasteiger partial charge < -0.3 is 15.4 Å². The summed E-state index contributed by atoms with van der Waals surface area (Å²) in [6.45, 7) is 2.04. The van der Waals surface area contributed by atoms with Crippen LogP contribution in [0.5, 0.6) is 5.75 Å². The minimum Gasteiger partial charge on any atom is -0.497 e. The zero-order valence-electron chi connectivity index (χ0n) is 11.4. The average molecular weight is 272 g/mol. The molecule has 0 unspecified atom stereocenters. The third kappa shape index (κ3) is 3.94. The summed E-state index contributed by atoms with van der Waals surface area (Å²) in [6.07, 6.45) is 1.40. The van der Waals surface area contributed by atoms with Crippen LogP contribution in [0, 0.1) is 0 Å². The lowest BCUT2D eigenvalue weighted by Gasteiger charge is -2.08. The van der Waals surface area contributed by atoms with Gasteiger partial charge in [0.25, 0.3) is 0 Å². The Morgan fingerprint density at radius 1 is 1.25 bits per heavy atom. The van der Waals surface area contributed by atoms with Gasteiger partial charge in [-0.15, -0.1) is 0 Å². The van der Waals surface area contributed by atoms with Crippen molar-refractivity contribution in [3.63, 3.8) is 0 Å². The smallest absolute Gasteiger partial charge is 0.222 e. The lowest BCUT2D eigenvalue weighted by molar-refractivity contribution is -0.114. The molecule has 20 heavy (non-hydrogen) atoms. The largest absolute Gasteiger partial charge is 0.497 e. The van der Waals surface area contributed by atoms with E-state index in [0.29, 0.717) is 18.2 Å². The number of aromatic nitrogens is 2. The molecule has 0 aliphatic heterocycles. The van der Waals surface area contributed by atoms with E-state index in [0.717, 1.165) is 11.3 Å². The fourth-order valence-corrected chi connectivity index (χ4v) is 1.68. The van der Waals surface area contributed by atoms with Gasteiger partial charge in [0, 0.05) is 19.5 Å². The van der Waals surface area contributed by atoms with Gasteiger partial charge in [0.05, 0.1) is 7.11 Å². The molecule has 104 valence electrons. The molecule has 6 heteroatoms. The first-order valence-electron chi connectivity index (χ1n) is 6.14. The van der Waals surface area contributed by atoms with Crippen LogP contribution in [-0.2, 0) is 11.3 Å². The van der Waals surface area contributed by atoms with Gasteiger partial charge in [-0.1, -0.05) is 12.1 Å². The lowest BCUT2D eigenvalue weighted by atomic mass is 10.2. The Hall–Kier alpha value is -2.63. The number of ether oxygens (including phenoxy) is 1. The summed E-state index contributed by atoms with van der Waals surface area (Å²) in [7, 11) is 1.64. The standard InChI is InChI=1S/C14H16N4O2/c1-10(19)18-14-7-13(16-9-17-14)15-8-11-4-3-5-12(6-11)20-2/h3-7,9H,8H2,1-2H3,(H2,15,16,17,18,19). The van der Waals surface area contributed by atoms with Crippen molar-refractivity contribution >= 4 is 17.5 Å². The Morgan fingerprint density at radius 2 is 2.05 bits per heavy atom. The third-order valence-corrected chi connectivity index (χ3v) is 2.58.